The number of carbonyl (C=O) groups excluding carboxylic acids is 2. The Kier molecular flexibility index (Phi) is 4.14. The van der Waals surface area contributed by atoms with Gasteiger partial charge in [-0.2, -0.15) is 13.2 Å². The predicted molar refractivity (Wildman–Crippen MR) is 51.0 cm³/mol. The van der Waals surface area contributed by atoms with Crippen molar-refractivity contribution >= 4 is 29.3 Å². The smallest absolute Gasteiger partial charge is 0.451 e. The van der Waals surface area contributed by atoms with Crippen molar-refractivity contribution in [1.29, 1.82) is 0 Å². The molecule has 0 aliphatic heterocycles. The van der Waals surface area contributed by atoms with Crippen LogP contribution in [0.2, 0.25) is 0 Å². The number of nitrogens with one attached hydrogen (secondary N) is 1. The average molecular weight is 298 g/mol. The maximum atomic E-state index is 12.1. The first-order chi connectivity index (χ1) is 8.64. The van der Waals surface area contributed by atoms with Gasteiger partial charge in [-0.05, 0) is 4.92 Å². The lowest BCUT2D eigenvalue weighted by molar-refractivity contribution is -0.392. The van der Waals surface area contributed by atoms with Crippen molar-refractivity contribution in [3.8, 4) is 0 Å². The highest BCUT2D eigenvalue weighted by Gasteiger charge is 2.45. The number of alkyl halides is 3. The van der Waals surface area contributed by atoms with Gasteiger partial charge in [0.25, 0.3) is 5.78 Å². The Bertz CT molecular complexity index is 528. The second-order valence-electron chi connectivity index (χ2n) is 2.99. The average Bonchev–Trinajstić information content (AvgIpc) is 2.71. The molecule has 1 aromatic heterocycles. The molecule has 0 amide bonds. The first-order valence-corrected chi connectivity index (χ1v) is 5.19. The molecule has 1 N–H and O–H groups in total. The molecule has 0 radical (unpaired) electrons. The largest absolute Gasteiger partial charge is 0.548 e. The third-order valence-electron chi connectivity index (χ3n) is 1.73. The van der Waals surface area contributed by atoms with Crippen molar-refractivity contribution in [2.24, 2.45) is 0 Å². The number of Topliss-reactive ketones (excluding diaryl/α,β-unsaturated/α-hetero) is 1. The number of aromatic amines is 1. The van der Waals surface area contributed by atoms with Gasteiger partial charge in [-0.25, -0.2) is 9.97 Å². The van der Waals surface area contributed by atoms with Crippen molar-refractivity contribution in [2.45, 2.75) is 16.5 Å². The lowest BCUT2D eigenvalue weighted by atomic mass is 10.3. The highest BCUT2D eigenvalue weighted by molar-refractivity contribution is 8.01. The molecule has 12 heteroatoms. The topological polar surface area (TPSA) is 129 Å². The van der Waals surface area contributed by atoms with E-state index >= 15 is 0 Å². The van der Waals surface area contributed by atoms with E-state index in [9.17, 15) is 38.0 Å². The SMILES string of the molecule is O=C([O-])C(Sc1nc[nH]c1[N+](=O)[O-])C(=O)C(F)(F)F. The molecular formula is C7H3F3N3O5S-. The van der Waals surface area contributed by atoms with E-state index in [2.05, 4.69) is 4.98 Å². The van der Waals surface area contributed by atoms with Gasteiger partial charge in [0, 0.05) is 0 Å². The highest BCUT2D eigenvalue weighted by atomic mass is 32.2. The number of carboxylic acid groups (broad SMARTS) is 1. The maximum Gasteiger partial charge on any atom is 0.451 e. The van der Waals surface area contributed by atoms with Crippen molar-refractivity contribution in [2.75, 3.05) is 0 Å². The Hall–Kier alpha value is -2.11. The van der Waals surface area contributed by atoms with Gasteiger partial charge in [0.05, 0.1) is 5.97 Å². The van der Waals surface area contributed by atoms with Crippen LogP contribution >= 0.6 is 11.8 Å². The summed E-state index contributed by atoms with van der Waals surface area (Å²) in [5.41, 5.74) is 0. The molecule has 0 saturated carbocycles. The third-order valence-corrected chi connectivity index (χ3v) is 2.89. The Balaban J connectivity index is 3.04. The molecule has 19 heavy (non-hydrogen) atoms. The lowest BCUT2D eigenvalue weighted by Crippen LogP contribution is -2.44. The van der Waals surface area contributed by atoms with Crippen LogP contribution in [-0.4, -0.2) is 38.1 Å². The van der Waals surface area contributed by atoms with Crippen LogP contribution < -0.4 is 5.11 Å². The van der Waals surface area contributed by atoms with Gasteiger partial charge >= 0.3 is 12.0 Å². The summed E-state index contributed by atoms with van der Waals surface area (Å²) in [5.74, 6) is -5.72. The fourth-order valence-corrected chi connectivity index (χ4v) is 1.88. The molecule has 0 aromatic carbocycles. The summed E-state index contributed by atoms with van der Waals surface area (Å²) in [6.45, 7) is 0. The lowest BCUT2D eigenvalue weighted by Gasteiger charge is -2.16. The van der Waals surface area contributed by atoms with E-state index < -0.39 is 38.9 Å². The van der Waals surface area contributed by atoms with Crippen molar-refractivity contribution < 1.29 is 32.8 Å². The molecule has 104 valence electrons. The minimum atomic E-state index is -5.40. The van der Waals surface area contributed by atoms with E-state index in [4.69, 9.17) is 0 Å². The standard InChI is InChI=1S/C7H4F3N3O5S/c8-7(9,10)3(14)2(6(15)16)19-5-4(13(17)18)11-1-12-5/h1-2H,(H,11,12)(H,15,16)/p-1. The molecule has 1 heterocycles. The number of H-pyrrole nitrogens is 1. The van der Waals surface area contributed by atoms with Gasteiger partial charge in [0.1, 0.15) is 5.25 Å². The minimum Gasteiger partial charge on any atom is -0.548 e. The summed E-state index contributed by atoms with van der Waals surface area (Å²) in [4.78, 5) is 36.1. The molecule has 0 spiro atoms. The molecule has 8 nitrogen and oxygen atoms in total. The molecule has 1 aromatic rings. The van der Waals surface area contributed by atoms with Crippen LogP contribution in [0.4, 0.5) is 19.0 Å². The van der Waals surface area contributed by atoms with Crippen LogP contribution in [0, 0.1) is 10.1 Å². The van der Waals surface area contributed by atoms with Gasteiger partial charge in [-0.15, -0.1) is 0 Å². The van der Waals surface area contributed by atoms with Crippen LogP contribution in [-0.2, 0) is 9.59 Å². The van der Waals surface area contributed by atoms with Gasteiger partial charge < -0.3 is 20.0 Å². The fraction of sp³-hybridized carbons (Fsp3) is 0.286. The summed E-state index contributed by atoms with van der Waals surface area (Å²) < 4.78 is 36.4. The number of carbonyl (C=O) groups is 2. The second-order valence-corrected chi connectivity index (χ2v) is 4.09. The second kappa shape index (κ2) is 5.26. The summed E-state index contributed by atoms with van der Waals surface area (Å²) in [6, 6.07) is 0. The maximum absolute atomic E-state index is 12.1. The van der Waals surface area contributed by atoms with Crippen LogP contribution in [0.25, 0.3) is 0 Å². The summed E-state index contributed by atoms with van der Waals surface area (Å²) in [6.07, 6.45) is -4.62. The summed E-state index contributed by atoms with van der Waals surface area (Å²) in [7, 11) is 0. The Morgan fingerprint density at radius 3 is 2.47 bits per heavy atom. The highest BCUT2D eigenvalue weighted by Crippen LogP contribution is 2.32. The summed E-state index contributed by atoms with van der Waals surface area (Å²) in [5, 5.41) is 17.7. The number of ketones is 1. The number of aliphatic carboxylic acids is 1. The number of halogens is 3. The Labute approximate surface area is 106 Å². The van der Waals surface area contributed by atoms with E-state index in [1.807, 2.05) is 4.98 Å². The van der Waals surface area contributed by atoms with Crippen LogP contribution in [0.3, 0.4) is 0 Å². The number of carboxylic acids is 1. The van der Waals surface area contributed by atoms with Gasteiger partial charge in [-0.1, -0.05) is 11.8 Å². The number of thioether (sulfide) groups is 1. The van der Waals surface area contributed by atoms with Crippen molar-refractivity contribution in [3.63, 3.8) is 0 Å². The van der Waals surface area contributed by atoms with Crippen LogP contribution in [0.1, 0.15) is 0 Å². The zero-order valence-electron chi connectivity index (χ0n) is 8.63. The van der Waals surface area contributed by atoms with Gasteiger partial charge in [0.15, 0.2) is 11.4 Å². The molecule has 0 aliphatic rings. The monoisotopic (exact) mass is 298 g/mol. The minimum absolute atomic E-state index is 0.222. The number of hydrogen-bond acceptors (Lipinski definition) is 7. The Morgan fingerprint density at radius 1 is 1.47 bits per heavy atom. The van der Waals surface area contributed by atoms with E-state index in [1.165, 1.54) is 0 Å². The molecule has 1 atom stereocenters. The van der Waals surface area contributed by atoms with E-state index in [0.29, 0.717) is 0 Å². The van der Waals surface area contributed by atoms with Crippen molar-refractivity contribution in [1.82, 2.24) is 9.97 Å². The molecule has 0 fully saturated rings. The van der Waals surface area contributed by atoms with Crippen LogP contribution in [0.15, 0.2) is 11.4 Å². The normalized spacial score (nSPS) is 13.0. The van der Waals surface area contributed by atoms with E-state index in [-0.39, 0.29) is 11.8 Å². The first-order valence-electron chi connectivity index (χ1n) is 4.31. The summed E-state index contributed by atoms with van der Waals surface area (Å²) >= 11 is -0.222. The molecule has 1 unspecified atom stereocenters. The Morgan fingerprint density at radius 2 is 2.05 bits per heavy atom. The fourth-order valence-electron chi connectivity index (χ4n) is 0.961. The number of aromatic nitrogens is 2. The number of imidazole rings is 1. The molecule has 0 aliphatic carbocycles. The van der Waals surface area contributed by atoms with E-state index in [1.54, 1.807) is 0 Å². The predicted octanol–water partition coefficient (Wildman–Crippen LogP) is -0.340. The molecule has 0 saturated heterocycles. The third kappa shape index (κ3) is 3.43. The van der Waals surface area contributed by atoms with Crippen LogP contribution in [0.5, 0.6) is 0 Å². The number of nitrogens with zero attached hydrogens (tertiary/aromatic N) is 2. The van der Waals surface area contributed by atoms with Gasteiger partial charge in [-0.3, -0.25) is 4.79 Å². The number of hydrogen-bond donors (Lipinski definition) is 1. The first kappa shape index (κ1) is 14.9. The zero-order chi connectivity index (χ0) is 14.8. The number of rotatable bonds is 5. The molecule has 0 bridgehead atoms. The number of nitro groups is 1. The quantitative estimate of drug-likeness (QED) is 0.340. The van der Waals surface area contributed by atoms with E-state index in [0.717, 1.165) is 6.33 Å². The zero-order valence-corrected chi connectivity index (χ0v) is 9.45. The molecular weight excluding hydrogens is 295 g/mol. The molecule has 1 rings (SSSR count). The van der Waals surface area contributed by atoms with Gasteiger partial charge in [0.2, 0.25) is 0 Å². The van der Waals surface area contributed by atoms with Crippen molar-refractivity contribution in [3.05, 3.63) is 16.4 Å².